The number of epoxide rings is 1. The molecule has 0 aromatic carbocycles. The van der Waals surface area contributed by atoms with Gasteiger partial charge in [-0.25, -0.2) is 0 Å². The van der Waals surface area contributed by atoms with Crippen LogP contribution in [0, 0.1) is 5.92 Å². The average molecular weight is 302 g/mol. The van der Waals surface area contributed by atoms with Crippen LogP contribution in [-0.2, 0) is 9.53 Å². The van der Waals surface area contributed by atoms with Crippen molar-refractivity contribution >= 4 is 5.78 Å². The first-order valence-corrected chi connectivity index (χ1v) is 8.49. The van der Waals surface area contributed by atoms with E-state index < -0.39 is 0 Å². The van der Waals surface area contributed by atoms with Crippen LogP contribution in [0.3, 0.4) is 0 Å². The molecule has 2 heteroatoms. The van der Waals surface area contributed by atoms with Crippen LogP contribution in [-0.4, -0.2) is 17.5 Å². The molecule has 1 saturated heterocycles. The highest BCUT2D eigenvalue weighted by Gasteiger charge is 2.53. The number of carbonyl (C=O) groups excluding carboxylic acids is 1. The quantitative estimate of drug-likeness (QED) is 0.495. The lowest BCUT2D eigenvalue weighted by Crippen LogP contribution is -2.18. The van der Waals surface area contributed by atoms with Crippen LogP contribution in [0.15, 0.2) is 35.5 Å². The van der Waals surface area contributed by atoms with E-state index in [1.807, 2.05) is 6.08 Å². The van der Waals surface area contributed by atoms with Crippen molar-refractivity contribution in [1.82, 2.24) is 0 Å². The van der Waals surface area contributed by atoms with E-state index in [4.69, 9.17) is 4.74 Å². The summed E-state index contributed by atoms with van der Waals surface area (Å²) in [6.45, 7) is 12.6. The van der Waals surface area contributed by atoms with Crippen LogP contribution in [0.25, 0.3) is 0 Å². The molecule has 0 N–H and O–H groups in total. The molecule has 122 valence electrons. The number of ether oxygens (including phenoxy) is 1. The second-order valence-electron chi connectivity index (χ2n) is 7.46. The molecule has 0 aromatic heterocycles. The van der Waals surface area contributed by atoms with Gasteiger partial charge in [0.05, 0.1) is 11.7 Å². The Morgan fingerprint density at radius 3 is 2.73 bits per heavy atom. The number of rotatable bonds is 1. The van der Waals surface area contributed by atoms with Gasteiger partial charge in [0.15, 0.2) is 5.78 Å². The summed E-state index contributed by atoms with van der Waals surface area (Å²) in [6, 6.07) is 0. The summed E-state index contributed by atoms with van der Waals surface area (Å²) in [5, 5.41) is 0. The fraction of sp³-hybridized carbons (Fsp3) is 0.650. The molecule has 0 bridgehead atoms. The Bertz CT molecular complexity index is 512. The van der Waals surface area contributed by atoms with E-state index >= 15 is 0 Å². The van der Waals surface area contributed by atoms with E-state index in [0.29, 0.717) is 12.3 Å². The smallest absolute Gasteiger partial charge is 0.158 e. The van der Waals surface area contributed by atoms with Crippen molar-refractivity contribution in [2.75, 3.05) is 0 Å². The minimum Gasteiger partial charge on any atom is -0.366 e. The zero-order valence-corrected chi connectivity index (χ0v) is 14.6. The van der Waals surface area contributed by atoms with Gasteiger partial charge < -0.3 is 4.74 Å². The molecule has 0 unspecified atom stereocenters. The average Bonchev–Trinajstić information content (AvgIpc) is 3.02. The molecule has 2 aliphatic rings. The lowest BCUT2D eigenvalue weighted by Gasteiger charge is -2.17. The van der Waals surface area contributed by atoms with Crippen LogP contribution < -0.4 is 0 Å². The van der Waals surface area contributed by atoms with Gasteiger partial charge in [-0.15, -0.1) is 0 Å². The van der Waals surface area contributed by atoms with E-state index in [9.17, 15) is 4.79 Å². The number of allylic oxidation sites excluding steroid dienone is 5. The summed E-state index contributed by atoms with van der Waals surface area (Å²) in [4.78, 5) is 12.2. The molecular weight excluding hydrogens is 272 g/mol. The van der Waals surface area contributed by atoms with Crippen molar-refractivity contribution in [2.24, 2.45) is 5.92 Å². The number of hydrogen-bond donors (Lipinski definition) is 0. The standard InChI is InChI=1S/C20H30O2/c1-14(2)17-10-9-15(3)7-6-8-16(4)11-18(21)13-20(5)19(12-17)22-20/h7,11,17,19H,1,6,8-10,12-13H2,2-5H3/b15-7+,16-11-/t17-,19-,20-/m1/s1. The highest BCUT2D eigenvalue weighted by atomic mass is 16.6. The Morgan fingerprint density at radius 1 is 1.32 bits per heavy atom. The second kappa shape index (κ2) is 6.95. The van der Waals surface area contributed by atoms with Gasteiger partial charge in [-0.3, -0.25) is 4.79 Å². The summed E-state index contributed by atoms with van der Waals surface area (Å²) in [5.41, 5.74) is 3.60. The molecule has 1 heterocycles. The van der Waals surface area contributed by atoms with Gasteiger partial charge >= 0.3 is 0 Å². The van der Waals surface area contributed by atoms with Gasteiger partial charge in [-0.05, 0) is 71.8 Å². The minimum absolute atomic E-state index is 0.201. The van der Waals surface area contributed by atoms with Crippen molar-refractivity contribution < 1.29 is 9.53 Å². The monoisotopic (exact) mass is 302 g/mol. The first-order chi connectivity index (χ1) is 10.3. The highest BCUT2D eigenvalue weighted by molar-refractivity contribution is 5.91. The molecule has 1 aliphatic heterocycles. The Balaban J connectivity index is 2.13. The van der Waals surface area contributed by atoms with Crippen molar-refractivity contribution in [3.05, 3.63) is 35.5 Å². The van der Waals surface area contributed by atoms with Crippen LogP contribution in [0.5, 0.6) is 0 Å². The Morgan fingerprint density at radius 2 is 2.05 bits per heavy atom. The molecule has 2 rings (SSSR count). The first-order valence-electron chi connectivity index (χ1n) is 8.49. The second-order valence-corrected chi connectivity index (χ2v) is 7.46. The van der Waals surface area contributed by atoms with Gasteiger partial charge in [0.25, 0.3) is 0 Å². The third-order valence-electron chi connectivity index (χ3n) is 5.08. The maximum Gasteiger partial charge on any atom is 0.158 e. The number of hydrogen-bond acceptors (Lipinski definition) is 2. The lowest BCUT2D eigenvalue weighted by atomic mass is 9.86. The van der Waals surface area contributed by atoms with E-state index in [-0.39, 0.29) is 17.5 Å². The zero-order valence-electron chi connectivity index (χ0n) is 14.6. The predicted octanol–water partition coefficient (Wildman–Crippen LogP) is 5.15. The van der Waals surface area contributed by atoms with Crippen molar-refractivity contribution in [1.29, 1.82) is 0 Å². The van der Waals surface area contributed by atoms with Crippen LogP contribution in [0.4, 0.5) is 0 Å². The van der Waals surface area contributed by atoms with Gasteiger partial charge in [0.1, 0.15) is 0 Å². The van der Waals surface area contributed by atoms with Crippen LogP contribution >= 0.6 is 0 Å². The van der Waals surface area contributed by atoms with Gasteiger partial charge in [0, 0.05) is 6.42 Å². The molecule has 0 aromatic rings. The summed E-state index contributed by atoms with van der Waals surface area (Å²) in [7, 11) is 0. The Labute approximate surface area is 135 Å². The third-order valence-corrected chi connectivity index (χ3v) is 5.08. The summed E-state index contributed by atoms with van der Waals surface area (Å²) < 4.78 is 5.89. The van der Waals surface area contributed by atoms with E-state index in [0.717, 1.165) is 32.1 Å². The molecule has 1 aliphatic carbocycles. The van der Waals surface area contributed by atoms with Crippen LogP contribution in [0.2, 0.25) is 0 Å². The fourth-order valence-electron chi connectivity index (χ4n) is 3.36. The topological polar surface area (TPSA) is 29.6 Å². The highest BCUT2D eigenvalue weighted by Crippen LogP contribution is 2.45. The fourth-order valence-corrected chi connectivity index (χ4v) is 3.36. The number of carbonyl (C=O) groups is 1. The Hall–Kier alpha value is -1.15. The number of ketones is 1. The first kappa shape index (κ1) is 17.2. The van der Waals surface area contributed by atoms with Crippen LogP contribution in [0.1, 0.15) is 66.2 Å². The van der Waals surface area contributed by atoms with Gasteiger partial charge in [0.2, 0.25) is 0 Å². The van der Waals surface area contributed by atoms with E-state index in [1.54, 1.807) is 0 Å². The predicted molar refractivity (Wildman–Crippen MR) is 91.8 cm³/mol. The summed E-state index contributed by atoms with van der Waals surface area (Å²) in [6.07, 6.45) is 10.1. The molecule has 1 fully saturated rings. The molecule has 22 heavy (non-hydrogen) atoms. The third kappa shape index (κ3) is 4.67. The molecule has 3 atom stereocenters. The molecule has 0 saturated carbocycles. The summed E-state index contributed by atoms with van der Waals surface area (Å²) >= 11 is 0. The molecule has 0 spiro atoms. The van der Waals surface area contributed by atoms with E-state index in [2.05, 4.69) is 40.3 Å². The zero-order chi connectivity index (χ0) is 16.3. The molecule has 0 amide bonds. The molecule has 2 nitrogen and oxygen atoms in total. The maximum atomic E-state index is 12.2. The largest absolute Gasteiger partial charge is 0.366 e. The van der Waals surface area contributed by atoms with Crippen molar-refractivity contribution in [2.45, 2.75) is 77.9 Å². The molecule has 0 radical (unpaired) electrons. The normalized spacial score (nSPS) is 38.8. The van der Waals surface area contributed by atoms with Gasteiger partial charge in [-0.2, -0.15) is 0 Å². The SMILES string of the molecule is C=C(C)[C@@H]1CC/C(C)=C/CC/C(C)=C\C(=O)C[C@@]2(C)O[C@@H]2C1. The summed E-state index contributed by atoms with van der Waals surface area (Å²) in [5.74, 6) is 0.692. The van der Waals surface area contributed by atoms with Crippen molar-refractivity contribution in [3.63, 3.8) is 0 Å². The maximum absolute atomic E-state index is 12.2. The van der Waals surface area contributed by atoms with Gasteiger partial charge in [-0.1, -0.05) is 29.4 Å². The van der Waals surface area contributed by atoms with E-state index in [1.165, 1.54) is 16.7 Å². The van der Waals surface area contributed by atoms with Crippen molar-refractivity contribution in [3.8, 4) is 0 Å². The lowest BCUT2D eigenvalue weighted by molar-refractivity contribution is -0.115. The Kier molecular flexibility index (Phi) is 5.44. The number of fused-ring (bicyclic) bond motifs is 1. The molecular formula is C20H30O2. The minimum atomic E-state index is -0.253.